The summed E-state index contributed by atoms with van der Waals surface area (Å²) in [6.45, 7) is 3.77. The van der Waals surface area contributed by atoms with E-state index < -0.39 is 0 Å². The van der Waals surface area contributed by atoms with Crippen LogP contribution < -0.4 is 4.90 Å². The Morgan fingerprint density at radius 1 is 1.44 bits per heavy atom. The molecule has 1 amide bonds. The van der Waals surface area contributed by atoms with Crippen LogP contribution in [0.2, 0.25) is 0 Å². The molecule has 3 heterocycles. The zero-order valence-electron chi connectivity index (χ0n) is 14.6. The van der Waals surface area contributed by atoms with E-state index >= 15 is 0 Å². The maximum atomic E-state index is 12.7. The Balaban J connectivity index is 1.62. The summed E-state index contributed by atoms with van der Waals surface area (Å²) in [6.07, 6.45) is 7.37. The zero-order valence-corrected chi connectivity index (χ0v) is 14.6. The molecule has 25 heavy (non-hydrogen) atoms. The van der Waals surface area contributed by atoms with Crippen LogP contribution >= 0.6 is 0 Å². The summed E-state index contributed by atoms with van der Waals surface area (Å²) in [5, 5.41) is 8.83. The van der Waals surface area contributed by atoms with Crippen LogP contribution in [-0.4, -0.2) is 52.0 Å². The molecule has 0 radical (unpaired) electrons. The van der Waals surface area contributed by atoms with Crippen LogP contribution in [0, 0.1) is 18.3 Å². The number of nitriles is 1. The molecular weight excluding hydrogens is 316 g/mol. The van der Waals surface area contributed by atoms with Gasteiger partial charge in [0.1, 0.15) is 17.7 Å². The summed E-state index contributed by atoms with van der Waals surface area (Å²) in [5.74, 6) is 1.76. The maximum absolute atomic E-state index is 12.7. The fraction of sp³-hybridized carbons (Fsp3) is 0.444. The standard InChI is InChI=1S/C18H22N6O/c1-14-20-7-9-24(14)16-4-3-8-23(12-16)18(25)13-22(2)17-6-5-15(10-19)11-21-17/h5-7,9,11,16H,3-4,8,12-13H2,1-2H3. The lowest BCUT2D eigenvalue weighted by molar-refractivity contribution is -0.131. The fourth-order valence-electron chi connectivity index (χ4n) is 3.24. The largest absolute Gasteiger partial charge is 0.350 e. The van der Waals surface area contributed by atoms with E-state index in [1.165, 1.54) is 6.20 Å². The minimum atomic E-state index is 0.0936. The Morgan fingerprint density at radius 2 is 2.28 bits per heavy atom. The highest BCUT2D eigenvalue weighted by Crippen LogP contribution is 2.23. The highest BCUT2D eigenvalue weighted by molar-refractivity contribution is 5.81. The van der Waals surface area contributed by atoms with Gasteiger partial charge in [-0.1, -0.05) is 0 Å². The molecule has 0 saturated carbocycles. The number of carbonyl (C=O) groups is 1. The molecule has 7 heteroatoms. The normalized spacial score (nSPS) is 17.2. The molecule has 1 aliphatic heterocycles. The summed E-state index contributed by atoms with van der Waals surface area (Å²) < 4.78 is 2.16. The molecule has 2 aromatic rings. The number of hydrogen-bond acceptors (Lipinski definition) is 5. The van der Waals surface area contributed by atoms with E-state index in [1.807, 2.05) is 36.0 Å². The van der Waals surface area contributed by atoms with Gasteiger partial charge in [0.15, 0.2) is 0 Å². The maximum Gasteiger partial charge on any atom is 0.242 e. The summed E-state index contributed by atoms with van der Waals surface area (Å²) >= 11 is 0. The van der Waals surface area contributed by atoms with Crippen LogP contribution in [0.15, 0.2) is 30.7 Å². The van der Waals surface area contributed by atoms with Gasteiger partial charge in [-0.25, -0.2) is 9.97 Å². The highest BCUT2D eigenvalue weighted by Gasteiger charge is 2.26. The van der Waals surface area contributed by atoms with Crippen molar-refractivity contribution in [3.05, 3.63) is 42.1 Å². The molecule has 0 aliphatic carbocycles. The number of nitrogens with zero attached hydrogens (tertiary/aromatic N) is 6. The molecule has 130 valence electrons. The van der Waals surface area contributed by atoms with Gasteiger partial charge >= 0.3 is 0 Å². The van der Waals surface area contributed by atoms with Crippen molar-refractivity contribution in [2.45, 2.75) is 25.8 Å². The van der Waals surface area contributed by atoms with Crippen molar-refractivity contribution in [1.82, 2.24) is 19.4 Å². The summed E-state index contributed by atoms with van der Waals surface area (Å²) in [6, 6.07) is 5.81. The number of rotatable bonds is 4. The molecule has 1 atom stereocenters. The van der Waals surface area contributed by atoms with Crippen molar-refractivity contribution in [2.75, 3.05) is 31.6 Å². The number of amides is 1. The highest BCUT2D eigenvalue weighted by atomic mass is 16.2. The van der Waals surface area contributed by atoms with Crippen molar-refractivity contribution < 1.29 is 4.79 Å². The van der Waals surface area contributed by atoms with E-state index in [4.69, 9.17) is 5.26 Å². The molecule has 1 aliphatic rings. The van der Waals surface area contributed by atoms with E-state index in [-0.39, 0.29) is 12.5 Å². The van der Waals surface area contributed by atoms with Gasteiger partial charge in [-0.05, 0) is 31.9 Å². The second kappa shape index (κ2) is 7.34. The summed E-state index contributed by atoms with van der Waals surface area (Å²) in [5.41, 5.74) is 0.512. The van der Waals surface area contributed by atoms with Gasteiger partial charge < -0.3 is 14.4 Å². The van der Waals surface area contributed by atoms with Crippen LogP contribution in [0.1, 0.15) is 30.3 Å². The van der Waals surface area contributed by atoms with Gasteiger partial charge in [0.25, 0.3) is 0 Å². The molecular formula is C18H22N6O. The van der Waals surface area contributed by atoms with Gasteiger partial charge in [-0.15, -0.1) is 0 Å². The van der Waals surface area contributed by atoms with Gasteiger partial charge in [0.2, 0.25) is 5.91 Å². The van der Waals surface area contributed by atoms with Crippen molar-refractivity contribution >= 4 is 11.7 Å². The molecule has 0 bridgehead atoms. The predicted molar refractivity (Wildman–Crippen MR) is 94.0 cm³/mol. The van der Waals surface area contributed by atoms with E-state index in [1.54, 1.807) is 18.3 Å². The van der Waals surface area contributed by atoms with E-state index in [0.717, 1.165) is 25.2 Å². The first kappa shape index (κ1) is 17.0. The first-order valence-electron chi connectivity index (χ1n) is 8.43. The number of likely N-dealkylation sites (N-methyl/N-ethyl adjacent to an activating group) is 1. The van der Waals surface area contributed by atoms with Crippen LogP contribution in [-0.2, 0) is 4.79 Å². The fourth-order valence-corrected chi connectivity index (χ4v) is 3.24. The van der Waals surface area contributed by atoms with Gasteiger partial charge in [-0.3, -0.25) is 4.79 Å². The molecule has 7 nitrogen and oxygen atoms in total. The van der Waals surface area contributed by atoms with E-state index in [2.05, 4.69) is 14.5 Å². The lowest BCUT2D eigenvalue weighted by Crippen LogP contribution is -2.45. The molecule has 1 saturated heterocycles. The van der Waals surface area contributed by atoms with E-state index in [0.29, 0.717) is 24.0 Å². The number of hydrogen-bond donors (Lipinski definition) is 0. The smallest absolute Gasteiger partial charge is 0.242 e. The van der Waals surface area contributed by atoms with Gasteiger partial charge in [0, 0.05) is 38.7 Å². The minimum absolute atomic E-state index is 0.0936. The quantitative estimate of drug-likeness (QED) is 0.849. The van der Waals surface area contributed by atoms with Crippen molar-refractivity contribution in [3.8, 4) is 6.07 Å². The lowest BCUT2D eigenvalue weighted by atomic mass is 10.1. The second-order valence-electron chi connectivity index (χ2n) is 6.39. The number of aryl methyl sites for hydroxylation is 1. The van der Waals surface area contributed by atoms with Crippen molar-refractivity contribution in [1.29, 1.82) is 5.26 Å². The third-order valence-corrected chi connectivity index (χ3v) is 4.65. The van der Waals surface area contributed by atoms with Gasteiger partial charge in [-0.2, -0.15) is 5.26 Å². The van der Waals surface area contributed by atoms with Crippen molar-refractivity contribution in [2.24, 2.45) is 0 Å². The average molecular weight is 338 g/mol. The van der Waals surface area contributed by atoms with Gasteiger partial charge in [0.05, 0.1) is 18.2 Å². The Hall–Kier alpha value is -2.88. The van der Waals surface area contributed by atoms with E-state index in [9.17, 15) is 4.79 Å². The zero-order chi connectivity index (χ0) is 17.8. The minimum Gasteiger partial charge on any atom is -0.350 e. The Morgan fingerprint density at radius 3 is 2.92 bits per heavy atom. The number of anilines is 1. The molecule has 0 N–H and O–H groups in total. The molecule has 1 unspecified atom stereocenters. The monoisotopic (exact) mass is 338 g/mol. The lowest BCUT2D eigenvalue weighted by Gasteiger charge is -2.35. The Bertz CT molecular complexity index is 776. The molecule has 3 rings (SSSR count). The number of imidazole rings is 1. The Labute approximate surface area is 147 Å². The number of likely N-dealkylation sites (tertiary alicyclic amines) is 1. The third kappa shape index (κ3) is 3.79. The third-order valence-electron chi connectivity index (χ3n) is 4.65. The van der Waals surface area contributed by atoms with Crippen LogP contribution in [0.5, 0.6) is 0 Å². The SMILES string of the molecule is Cc1nccn1C1CCCN(C(=O)CN(C)c2ccc(C#N)cn2)C1. The average Bonchev–Trinajstić information content (AvgIpc) is 3.07. The Kier molecular flexibility index (Phi) is 4.98. The van der Waals surface area contributed by atoms with Crippen LogP contribution in [0.3, 0.4) is 0 Å². The number of carbonyl (C=O) groups excluding carboxylic acids is 1. The van der Waals surface area contributed by atoms with Crippen LogP contribution in [0.25, 0.3) is 0 Å². The number of pyridine rings is 1. The topological polar surface area (TPSA) is 78.0 Å². The summed E-state index contributed by atoms with van der Waals surface area (Å²) in [4.78, 5) is 24.9. The molecule has 1 fully saturated rings. The first-order chi connectivity index (χ1) is 12.1. The molecule has 0 spiro atoms. The van der Waals surface area contributed by atoms with Crippen molar-refractivity contribution in [3.63, 3.8) is 0 Å². The first-order valence-corrected chi connectivity index (χ1v) is 8.43. The molecule has 0 aromatic carbocycles. The predicted octanol–water partition coefficient (Wildman–Crippen LogP) is 1.76. The summed E-state index contributed by atoms with van der Waals surface area (Å²) in [7, 11) is 1.84. The number of piperidine rings is 1. The number of aromatic nitrogens is 3. The van der Waals surface area contributed by atoms with Crippen LogP contribution in [0.4, 0.5) is 5.82 Å². The second-order valence-corrected chi connectivity index (χ2v) is 6.39. The molecule has 2 aromatic heterocycles.